The fraction of sp³-hybridized carbons (Fsp3) is 0.907. The number of unbranched alkanes of at least 4 members (excludes halogenated alkanes) is 20. The molecule has 0 spiro atoms. The molecule has 0 aromatic rings. The molecule has 19 nitrogen and oxygen atoms in total. The predicted molar refractivity (Wildman–Crippen MR) is 273 cm³/mol. The first-order valence-electron chi connectivity index (χ1n) is 28.1. The molecule has 0 aromatic carbocycles. The molecule has 0 aliphatic carbocycles. The maximum absolute atomic E-state index is 13.3. The third-order valence-electron chi connectivity index (χ3n) is 14.3. The summed E-state index contributed by atoms with van der Waals surface area (Å²) in [6, 6.07) is -0.891. The number of aliphatic hydroxyl groups excluding tert-OH is 11. The molecule has 3 rings (SSSR count). The van der Waals surface area contributed by atoms with Gasteiger partial charge in [-0.25, -0.2) is 0 Å². The van der Waals surface area contributed by atoms with Crippen LogP contribution in [0.5, 0.6) is 0 Å². The van der Waals surface area contributed by atoms with Crippen LogP contribution in [0.25, 0.3) is 0 Å². The Morgan fingerprint density at radius 2 is 0.918 bits per heavy atom. The highest BCUT2D eigenvalue weighted by molar-refractivity contribution is 5.76. The highest BCUT2D eigenvalue weighted by atomic mass is 16.8. The van der Waals surface area contributed by atoms with Crippen molar-refractivity contribution >= 4 is 5.91 Å². The molecule has 0 radical (unpaired) electrons. The Bertz CT molecular complexity index is 1440. The summed E-state index contributed by atoms with van der Waals surface area (Å²) < 4.78 is 34.2. The van der Waals surface area contributed by atoms with Crippen LogP contribution in [-0.4, -0.2) is 193 Å². The Morgan fingerprint density at radius 3 is 1.44 bits per heavy atom. The number of rotatable bonds is 40. The van der Waals surface area contributed by atoms with E-state index in [-0.39, 0.29) is 18.9 Å². The summed E-state index contributed by atoms with van der Waals surface area (Å²) in [4.78, 5) is 13.3. The largest absolute Gasteiger partial charge is 0.394 e. The summed E-state index contributed by atoms with van der Waals surface area (Å²) in [5.41, 5.74) is 0. The lowest BCUT2D eigenvalue weighted by Gasteiger charge is -2.48. The third kappa shape index (κ3) is 23.8. The molecular weight excluding hydrogens is 951 g/mol. The van der Waals surface area contributed by atoms with E-state index in [2.05, 4.69) is 43.5 Å². The molecule has 3 fully saturated rings. The molecule has 3 aliphatic heterocycles. The fourth-order valence-corrected chi connectivity index (χ4v) is 9.56. The molecule has 3 aliphatic rings. The fourth-order valence-electron chi connectivity index (χ4n) is 9.56. The number of amides is 1. The lowest BCUT2D eigenvalue weighted by atomic mass is 9.96. The molecule has 0 bridgehead atoms. The van der Waals surface area contributed by atoms with E-state index in [9.17, 15) is 61.0 Å². The van der Waals surface area contributed by atoms with Gasteiger partial charge in [-0.05, 0) is 38.5 Å². The lowest BCUT2D eigenvalue weighted by Crippen LogP contribution is -2.66. The van der Waals surface area contributed by atoms with E-state index in [4.69, 9.17) is 28.4 Å². The summed E-state index contributed by atoms with van der Waals surface area (Å²) in [7, 11) is 0. The van der Waals surface area contributed by atoms with Crippen molar-refractivity contribution in [3.8, 4) is 0 Å². The van der Waals surface area contributed by atoms with Crippen LogP contribution >= 0.6 is 0 Å². The molecule has 0 aromatic heterocycles. The predicted octanol–water partition coefficient (Wildman–Crippen LogP) is 3.59. The molecule has 17 atom stereocenters. The zero-order chi connectivity index (χ0) is 53.4. The molecule has 428 valence electrons. The van der Waals surface area contributed by atoms with Crippen LogP contribution in [0.1, 0.15) is 181 Å². The van der Waals surface area contributed by atoms with Gasteiger partial charge in [0.25, 0.3) is 0 Å². The van der Waals surface area contributed by atoms with E-state index in [1.165, 1.54) is 77.0 Å². The normalized spacial score (nSPS) is 31.9. The number of carbonyl (C=O) groups is 1. The zero-order valence-electron chi connectivity index (χ0n) is 44.1. The maximum Gasteiger partial charge on any atom is 0.220 e. The first-order valence-corrected chi connectivity index (χ1v) is 28.1. The molecule has 17 unspecified atom stereocenters. The SMILES string of the molecule is CCCC/C=C\C/C=C\CCCCCCCC(=O)NC(COC1OC(CO)C(OC2OC(CO)C(OC3OC(CO)C(O)C(O)C3O)C(O)C2O)C(O)C1O)C(O)CCCCCCCCCCCCCCCC. The molecule has 3 heterocycles. The van der Waals surface area contributed by atoms with Crippen LogP contribution in [0, 0.1) is 0 Å². The van der Waals surface area contributed by atoms with E-state index < -0.39 is 124 Å². The molecule has 19 heteroatoms. The topological polar surface area (TPSA) is 307 Å². The van der Waals surface area contributed by atoms with Crippen molar-refractivity contribution in [2.45, 2.75) is 285 Å². The van der Waals surface area contributed by atoms with Crippen LogP contribution in [0.3, 0.4) is 0 Å². The van der Waals surface area contributed by atoms with Crippen molar-refractivity contribution in [2.24, 2.45) is 0 Å². The van der Waals surface area contributed by atoms with Crippen molar-refractivity contribution in [1.29, 1.82) is 0 Å². The van der Waals surface area contributed by atoms with Crippen LogP contribution in [0.4, 0.5) is 0 Å². The van der Waals surface area contributed by atoms with E-state index in [0.717, 1.165) is 70.6 Å². The van der Waals surface area contributed by atoms with Crippen LogP contribution in [-0.2, 0) is 33.2 Å². The summed E-state index contributed by atoms with van der Waals surface area (Å²) in [5, 5.41) is 120. The van der Waals surface area contributed by atoms with Crippen molar-refractivity contribution in [3.63, 3.8) is 0 Å². The van der Waals surface area contributed by atoms with Gasteiger partial charge in [-0.2, -0.15) is 0 Å². The molecule has 0 saturated carbocycles. The Kier molecular flexibility index (Phi) is 34.8. The summed E-state index contributed by atoms with van der Waals surface area (Å²) >= 11 is 0. The van der Waals surface area contributed by atoms with E-state index in [1.54, 1.807) is 0 Å². The molecule has 1 amide bonds. The minimum absolute atomic E-state index is 0.251. The van der Waals surface area contributed by atoms with E-state index in [1.807, 2.05) is 0 Å². The number of allylic oxidation sites excluding steroid dienone is 4. The van der Waals surface area contributed by atoms with Gasteiger partial charge >= 0.3 is 0 Å². The second-order valence-electron chi connectivity index (χ2n) is 20.4. The van der Waals surface area contributed by atoms with Gasteiger partial charge in [0, 0.05) is 6.42 Å². The average molecular weight is 1050 g/mol. The Hall–Kier alpha value is -1.73. The molecule has 73 heavy (non-hydrogen) atoms. The molecular formula is C54H99NO18. The summed E-state index contributed by atoms with van der Waals surface area (Å²) in [6.07, 6.45) is 9.82. The van der Waals surface area contributed by atoms with Crippen LogP contribution in [0.15, 0.2) is 24.3 Å². The van der Waals surface area contributed by atoms with Gasteiger partial charge in [0.15, 0.2) is 18.9 Å². The van der Waals surface area contributed by atoms with E-state index in [0.29, 0.717) is 12.8 Å². The van der Waals surface area contributed by atoms with Crippen molar-refractivity contribution < 1.29 is 89.4 Å². The van der Waals surface area contributed by atoms with Crippen molar-refractivity contribution in [3.05, 3.63) is 24.3 Å². The maximum atomic E-state index is 13.3. The van der Waals surface area contributed by atoms with Crippen LogP contribution in [0.2, 0.25) is 0 Å². The standard InChI is InChI=1S/C54H99NO18/c1-3-5-7-9-11-13-15-17-19-21-23-25-27-29-31-38(59)37(55-42(60)32-30-28-26-24-22-20-18-16-14-12-10-8-6-4-2)36-68-52-48(66)45(63)50(40(34-57)70-52)73-54-49(67)46(64)51(41(35-58)71-54)72-53-47(65)44(62)43(61)39(33-56)69-53/h10,12,16,18,37-41,43-54,56-59,61-67H,3-9,11,13-15,17,19-36H2,1-2H3,(H,55,60)/b12-10-,18-16-. The number of nitrogens with one attached hydrogen (secondary N) is 1. The van der Waals surface area contributed by atoms with Gasteiger partial charge in [0.1, 0.15) is 73.2 Å². The first-order chi connectivity index (χ1) is 35.3. The average Bonchev–Trinajstić information content (AvgIpc) is 3.39. The lowest BCUT2D eigenvalue weighted by molar-refractivity contribution is -0.379. The number of hydrogen-bond acceptors (Lipinski definition) is 18. The minimum atomic E-state index is -1.97. The van der Waals surface area contributed by atoms with Gasteiger partial charge in [-0.1, -0.05) is 160 Å². The van der Waals surface area contributed by atoms with E-state index >= 15 is 0 Å². The van der Waals surface area contributed by atoms with Gasteiger partial charge in [-0.15, -0.1) is 0 Å². The van der Waals surface area contributed by atoms with Crippen molar-refractivity contribution in [1.82, 2.24) is 5.32 Å². The number of carbonyl (C=O) groups excluding carboxylic acids is 1. The van der Waals surface area contributed by atoms with Gasteiger partial charge in [-0.3, -0.25) is 4.79 Å². The Balaban J connectivity index is 1.53. The second kappa shape index (κ2) is 38.8. The van der Waals surface area contributed by atoms with Crippen molar-refractivity contribution in [2.75, 3.05) is 26.4 Å². The third-order valence-corrected chi connectivity index (χ3v) is 14.3. The Morgan fingerprint density at radius 1 is 0.493 bits per heavy atom. The quantitative estimate of drug-likeness (QED) is 0.0308. The summed E-state index contributed by atoms with van der Waals surface area (Å²) in [6.45, 7) is 1.71. The van der Waals surface area contributed by atoms with Gasteiger partial charge in [0.2, 0.25) is 5.91 Å². The zero-order valence-corrected chi connectivity index (χ0v) is 44.1. The molecule has 12 N–H and O–H groups in total. The van der Waals surface area contributed by atoms with Gasteiger partial charge < -0.3 is 89.9 Å². The number of hydrogen-bond donors (Lipinski definition) is 12. The number of ether oxygens (including phenoxy) is 6. The van der Waals surface area contributed by atoms with Crippen LogP contribution < -0.4 is 5.32 Å². The second-order valence-corrected chi connectivity index (χ2v) is 20.4. The number of aliphatic hydroxyl groups is 11. The monoisotopic (exact) mass is 1050 g/mol. The van der Waals surface area contributed by atoms with Gasteiger partial charge in [0.05, 0.1) is 38.6 Å². The highest BCUT2D eigenvalue weighted by Crippen LogP contribution is 2.33. The summed E-state index contributed by atoms with van der Waals surface area (Å²) in [5.74, 6) is -0.259. The minimum Gasteiger partial charge on any atom is -0.394 e. The Labute approximate surface area is 435 Å². The first kappa shape index (κ1) is 65.6. The highest BCUT2D eigenvalue weighted by Gasteiger charge is 2.53. The molecule has 3 saturated heterocycles. The smallest absolute Gasteiger partial charge is 0.220 e.